The summed E-state index contributed by atoms with van der Waals surface area (Å²) in [4.78, 5) is 18.7. The van der Waals surface area contributed by atoms with E-state index in [1.165, 1.54) is 0 Å². The summed E-state index contributed by atoms with van der Waals surface area (Å²) in [6.07, 6.45) is 3.22. The molecule has 2 heterocycles. The molecule has 0 atom stereocenters. The molecule has 6 nitrogen and oxygen atoms in total. The van der Waals surface area contributed by atoms with Crippen molar-refractivity contribution in [3.05, 3.63) is 77.0 Å². The van der Waals surface area contributed by atoms with Crippen molar-refractivity contribution in [1.82, 2.24) is 14.5 Å². The molecule has 2 N–H and O–H groups in total. The zero-order valence-corrected chi connectivity index (χ0v) is 15.2. The Labute approximate surface area is 160 Å². The van der Waals surface area contributed by atoms with Gasteiger partial charge in [-0.1, -0.05) is 23.7 Å². The van der Waals surface area contributed by atoms with E-state index < -0.39 is 5.97 Å². The molecule has 136 valence electrons. The molecular formula is C20H16ClN3O3. The lowest BCUT2D eigenvalue weighted by Crippen LogP contribution is -2.09. The van der Waals surface area contributed by atoms with Crippen LogP contribution in [-0.2, 0) is 6.54 Å². The van der Waals surface area contributed by atoms with Gasteiger partial charge in [0.2, 0.25) is 0 Å². The van der Waals surface area contributed by atoms with Crippen LogP contribution in [0.5, 0.6) is 11.5 Å². The van der Waals surface area contributed by atoms with E-state index in [0.717, 1.165) is 11.3 Å². The number of ether oxygens (including phenoxy) is 1. The van der Waals surface area contributed by atoms with E-state index in [9.17, 15) is 9.90 Å². The first-order chi connectivity index (χ1) is 13.0. The zero-order chi connectivity index (χ0) is 19.0. The van der Waals surface area contributed by atoms with Gasteiger partial charge in [0.25, 0.3) is 0 Å². The summed E-state index contributed by atoms with van der Waals surface area (Å²) in [6, 6.07) is 12.7. The molecule has 0 aliphatic carbocycles. The summed E-state index contributed by atoms with van der Waals surface area (Å²) >= 11 is 6.43. The molecule has 2 aromatic heterocycles. The van der Waals surface area contributed by atoms with Crippen molar-refractivity contribution >= 4 is 28.5 Å². The highest BCUT2D eigenvalue weighted by atomic mass is 35.5. The fourth-order valence-electron chi connectivity index (χ4n) is 3.05. The first-order valence-electron chi connectivity index (χ1n) is 8.29. The highest BCUT2D eigenvalue weighted by Gasteiger charge is 2.18. The maximum atomic E-state index is 11.7. The second-order valence-electron chi connectivity index (χ2n) is 6.25. The molecule has 0 saturated carbocycles. The number of H-pyrrole nitrogens is 1. The first-order valence-corrected chi connectivity index (χ1v) is 8.67. The zero-order valence-electron chi connectivity index (χ0n) is 14.4. The molecule has 0 fully saturated rings. The number of imidazole rings is 1. The molecule has 2 aromatic carbocycles. The van der Waals surface area contributed by atoms with Gasteiger partial charge in [-0.3, -0.25) is 0 Å². The second kappa shape index (κ2) is 6.81. The highest BCUT2D eigenvalue weighted by Crippen LogP contribution is 2.34. The van der Waals surface area contributed by atoms with E-state index in [2.05, 4.69) is 9.97 Å². The number of hydrogen-bond donors (Lipinski definition) is 2. The van der Waals surface area contributed by atoms with E-state index in [0.29, 0.717) is 34.0 Å². The molecule has 0 spiro atoms. The maximum absolute atomic E-state index is 11.7. The standard InChI is InChI=1S/C20H16ClN3O3/c1-12-3-2-4-14(5-12)27-15-6-17(21)16-8-19(20(25)26)24(18(16)7-15)10-13-9-22-11-23-13/h2-9,11H,10H2,1H3,(H,22,23)(H,25,26). The Morgan fingerprint density at radius 2 is 2.11 bits per heavy atom. The van der Waals surface area contributed by atoms with Crippen LogP contribution in [0.2, 0.25) is 5.02 Å². The van der Waals surface area contributed by atoms with Crippen LogP contribution in [0.4, 0.5) is 0 Å². The van der Waals surface area contributed by atoms with Crippen LogP contribution < -0.4 is 4.74 Å². The lowest BCUT2D eigenvalue weighted by Gasteiger charge is -2.10. The number of hydrogen-bond acceptors (Lipinski definition) is 3. The Kier molecular flexibility index (Phi) is 4.33. The average molecular weight is 382 g/mol. The van der Waals surface area contributed by atoms with E-state index in [1.54, 1.807) is 35.3 Å². The number of aromatic carboxylic acids is 1. The molecule has 27 heavy (non-hydrogen) atoms. The minimum absolute atomic E-state index is 0.147. The quantitative estimate of drug-likeness (QED) is 0.517. The van der Waals surface area contributed by atoms with Gasteiger partial charge in [0, 0.05) is 23.7 Å². The smallest absolute Gasteiger partial charge is 0.352 e. The van der Waals surface area contributed by atoms with Gasteiger partial charge < -0.3 is 19.4 Å². The number of aromatic nitrogens is 3. The van der Waals surface area contributed by atoms with Crippen molar-refractivity contribution in [2.75, 3.05) is 0 Å². The molecule has 0 saturated heterocycles. The molecule has 7 heteroatoms. The third-order valence-corrected chi connectivity index (χ3v) is 4.58. The Hall–Kier alpha value is -3.25. The third-order valence-electron chi connectivity index (χ3n) is 4.27. The van der Waals surface area contributed by atoms with Gasteiger partial charge in [0.15, 0.2) is 0 Å². The number of aromatic amines is 1. The number of carboxylic acid groups (broad SMARTS) is 1. The molecular weight excluding hydrogens is 366 g/mol. The normalized spacial score (nSPS) is 11.0. The Bertz CT molecular complexity index is 1130. The number of rotatable bonds is 5. The number of aryl methyl sites for hydroxylation is 1. The molecule has 4 aromatic rings. The van der Waals surface area contributed by atoms with E-state index in [-0.39, 0.29) is 5.69 Å². The van der Waals surface area contributed by atoms with Gasteiger partial charge in [0.1, 0.15) is 17.2 Å². The van der Waals surface area contributed by atoms with Gasteiger partial charge >= 0.3 is 5.97 Å². The van der Waals surface area contributed by atoms with Crippen LogP contribution in [0.25, 0.3) is 10.9 Å². The van der Waals surface area contributed by atoms with Gasteiger partial charge in [-0.2, -0.15) is 0 Å². The Morgan fingerprint density at radius 1 is 1.26 bits per heavy atom. The van der Waals surface area contributed by atoms with Crippen molar-refractivity contribution in [3.8, 4) is 11.5 Å². The monoisotopic (exact) mass is 381 g/mol. The van der Waals surface area contributed by atoms with Crippen molar-refractivity contribution in [3.63, 3.8) is 0 Å². The second-order valence-corrected chi connectivity index (χ2v) is 6.66. The van der Waals surface area contributed by atoms with Crippen molar-refractivity contribution in [2.24, 2.45) is 0 Å². The third kappa shape index (κ3) is 3.39. The van der Waals surface area contributed by atoms with Gasteiger partial charge in [-0.15, -0.1) is 0 Å². The summed E-state index contributed by atoms with van der Waals surface area (Å²) in [5, 5.41) is 10.7. The van der Waals surface area contributed by atoms with Crippen LogP contribution in [0, 0.1) is 6.92 Å². The number of nitrogens with zero attached hydrogens (tertiary/aromatic N) is 2. The van der Waals surface area contributed by atoms with Crippen LogP contribution in [0.1, 0.15) is 21.7 Å². The fourth-order valence-corrected chi connectivity index (χ4v) is 3.31. The number of carboxylic acids is 1. The van der Waals surface area contributed by atoms with Crippen molar-refractivity contribution < 1.29 is 14.6 Å². The molecule has 0 radical (unpaired) electrons. The average Bonchev–Trinajstić information content (AvgIpc) is 3.24. The SMILES string of the molecule is Cc1cccc(Oc2cc(Cl)c3cc(C(=O)O)n(Cc4cnc[nH]4)c3c2)c1. The van der Waals surface area contributed by atoms with Crippen LogP contribution in [0.3, 0.4) is 0 Å². The topological polar surface area (TPSA) is 80.1 Å². The predicted octanol–water partition coefficient (Wildman–Crippen LogP) is 4.87. The molecule has 0 aliphatic rings. The summed E-state index contributed by atoms with van der Waals surface area (Å²) < 4.78 is 7.62. The predicted molar refractivity (Wildman–Crippen MR) is 103 cm³/mol. The van der Waals surface area contributed by atoms with Crippen molar-refractivity contribution in [1.29, 1.82) is 0 Å². The molecule has 0 bridgehead atoms. The summed E-state index contributed by atoms with van der Waals surface area (Å²) in [5.41, 5.74) is 2.69. The van der Waals surface area contributed by atoms with Gasteiger partial charge in [-0.05, 0) is 30.7 Å². The van der Waals surface area contributed by atoms with E-state index in [1.807, 2.05) is 31.2 Å². The summed E-state index contributed by atoms with van der Waals surface area (Å²) in [5.74, 6) is 0.206. The number of benzene rings is 2. The van der Waals surface area contributed by atoms with Crippen LogP contribution in [-0.4, -0.2) is 25.6 Å². The molecule has 0 amide bonds. The highest BCUT2D eigenvalue weighted by molar-refractivity contribution is 6.35. The summed E-state index contributed by atoms with van der Waals surface area (Å²) in [6.45, 7) is 2.31. The molecule has 0 aliphatic heterocycles. The van der Waals surface area contributed by atoms with Crippen LogP contribution >= 0.6 is 11.6 Å². The largest absolute Gasteiger partial charge is 0.477 e. The number of nitrogens with one attached hydrogen (secondary N) is 1. The number of carbonyl (C=O) groups is 1. The van der Waals surface area contributed by atoms with E-state index in [4.69, 9.17) is 16.3 Å². The minimum atomic E-state index is -1.03. The maximum Gasteiger partial charge on any atom is 0.352 e. The first kappa shape index (κ1) is 17.2. The fraction of sp³-hybridized carbons (Fsp3) is 0.100. The van der Waals surface area contributed by atoms with Gasteiger partial charge in [-0.25, -0.2) is 9.78 Å². The minimum Gasteiger partial charge on any atom is -0.477 e. The molecule has 4 rings (SSSR count). The van der Waals surface area contributed by atoms with E-state index >= 15 is 0 Å². The molecule has 0 unspecified atom stereocenters. The van der Waals surface area contributed by atoms with Crippen molar-refractivity contribution in [2.45, 2.75) is 13.5 Å². The number of halogens is 1. The number of fused-ring (bicyclic) bond motifs is 1. The van der Waals surface area contributed by atoms with Gasteiger partial charge in [0.05, 0.1) is 29.1 Å². The lowest BCUT2D eigenvalue weighted by atomic mass is 10.2. The lowest BCUT2D eigenvalue weighted by molar-refractivity contribution is 0.0686. The Balaban J connectivity index is 1.83. The summed E-state index contributed by atoms with van der Waals surface area (Å²) in [7, 11) is 0. The van der Waals surface area contributed by atoms with Crippen LogP contribution in [0.15, 0.2) is 55.0 Å². The Morgan fingerprint density at radius 3 is 2.81 bits per heavy atom.